The monoisotopic (exact) mass is 600 g/mol. The Balaban J connectivity index is 1.34. The van der Waals surface area contributed by atoms with E-state index in [1.807, 2.05) is 6.92 Å². The summed E-state index contributed by atoms with van der Waals surface area (Å²) in [5, 5.41) is 10.7. The number of hydrogen-bond donors (Lipinski definition) is 0. The third-order valence-corrected chi connectivity index (χ3v) is 9.73. The Hall–Kier alpha value is -6.12. The molecular weight excluding hydrogens is 572 g/mol. The van der Waals surface area contributed by atoms with Crippen LogP contribution in [0.3, 0.4) is 0 Å². The topological polar surface area (TPSA) is 26.3 Å². The molecule has 2 heteroatoms. The Morgan fingerprint density at radius 3 is 1.77 bits per heavy atom. The summed E-state index contributed by atoms with van der Waals surface area (Å²) in [7, 11) is 0. The van der Waals surface area contributed by atoms with E-state index in [1.54, 1.807) is 0 Å². The molecule has 0 aliphatic carbocycles. The Morgan fingerprint density at radius 1 is 0.383 bits per heavy atom. The van der Waals surface area contributed by atoms with E-state index in [9.17, 15) is 0 Å². The van der Waals surface area contributed by atoms with Gasteiger partial charge < -0.3 is 8.83 Å². The van der Waals surface area contributed by atoms with Gasteiger partial charge in [0.2, 0.25) is 0 Å². The molecule has 220 valence electrons. The molecule has 2 nitrogen and oxygen atoms in total. The average molecular weight is 601 g/mol. The largest absolute Gasteiger partial charge is 0.461 e. The summed E-state index contributed by atoms with van der Waals surface area (Å²) in [5.41, 5.74) is 9.82. The minimum atomic E-state index is 0.894. The molecule has 0 N–H and O–H groups in total. The van der Waals surface area contributed by atoms with Crippen LogP contribution < -0.4 is 0 Å². The molecule has 0 saturated heterocycles. The number of furan rings is 2. The maximum Gasteiger partial charge on any atom is 0.143 e. The molecule has 0 aliphatic rings. The Bertz CT molecular complexity index is 2800. The van der Waals surface area contributed by atoms with Crippen LogP contribution in [0.2, 0.25) is 0 Å². The molecule has 2 heterocycles. The van der Waals surface area contributed by atoms with Gasteiger partial charge >= 0.3 is 0 Å². The second-order valence-electron chi connectivity index (χ2n) is 12.4. The summed E-state index contributed by atoms with van der Waals surface area (Å²) < 4.78 is 12.7. The van der Waals surface area contributed by atoms with Crippen LogP contribution in [0.4, 0.5) is 0 Å². The van der Waals surface area contributed by atoms with Gasteiger partial charge in [-0.3, -0.25) is 0 Å². The van der Waals surface area contributed by atoms with Gasteiger partial charge in [-0.25, -0.2) is 0 Å². The lowest BCUT2D eigenvalue weighted by Gasteiger charge is -2.19. The van der Waals surface area contributed by atoms with Crippen LogP contribution in [0.15, 0.2) is 160 Å². The number of rotatable bonds is 3. The van der Waals surface area contributed by atoms with E-state index in [1.165, 1.54) is 60.1 Å². The SMILES string of the molecule is Cc1cc2cc(-c3c4ccccc4c(-c4ccc(-c5cccc6ccccc56)c5oc6ccccc6c45)c4ccccc34)ccc2o1. The molecule has 10 rings (SSSR count). The van der Waals surface area contributed by atoms with Gasteiger partial charge in [-0.05, 0) is 97.4 Å². The highest BCUT2D eigenvalue weighted by atomic mass is 16.3. The van der Waals surface area contributed by atoms with Crippen LogP contribution in [0.5, 0.6) is 0 Å². The van der Waals surface area contributed by atoms with Crippen LogP contribution in [0, 0.1) is 6.92 Å². The molecule has 0 spiro atoms. The molecule has 0 bridgehead atoms. The lowest BCUT2D eigenvalue weighted by atomic mass is 9.84. The zero-order valence-electron chi connectivity index (χ0n) is 25.8. The number of hydrogen-bond acceptors (Lipinski definition) is 2. The summed E-state index contributed by atoms with van der Waals surface area (Å²) in [5.74, 6) is 0.922. The van der Waals surface area contributed by atoms with Crippen molar-refractivity contribution in [2.75, 3.05) is 0 Å². The first kappa shape index (κ1) is 26.1. The molecule has 0 radical (unpaired) electrons. The number of para-hydroxylation sites is 1. The summed E-state index contributed by atoms with van der Waals surface area (Å²) in [6.45, 7) is 2.01. The van der Waals surface area contributed by atoms with E-state index in [4.69, 9.17) is 8.83 Å². The van der Waals surface area contributed by atoms with Gasteiger partial charge in [0.1, 0.15) is 22.5 Å². The van der Waals surface area contributed by atoms with Gasteiger partial charge in [0.25, 0.3) is 0 Å². The van der Waals surface area contributed by atoms with Crippen LogP contribution in [-0.4, -0.2) is 0 Å². The van der Waals surface area contributed by atoms with E-state index < -0.39 is 0 Å². The van der Waals surface area contributed by atoms with Gasteiger partial charge in [-0.1, -0.05) is 121 Å². The number of fused-ring (bicyclic) bond motifs is 7. The highest BCUT2D eigenvalue weighted by Gasteiger charge is 2.23. The van der Waals surface area contributed by atoms with Crippen molar-refractivity contribution in [1.29, 1.82) is 0 Å². The van der Waals surface area contributed by atoms with Crippen molar-refractivity contribution < 1.29 is 8.83 Å². The molecule has 0 atom stereocenters. The molecule has 2 aromatic heterocycles. The van der Waals surface area contributed by atoms with E-state index in [0.29, 0.717) is 0 Å². The van der Waals surface area contributed by atoms with Crippen molar-refractivity contribution in [1.82, 2.24) is 0 Å². The molecule has 8 aromatic carbocycles. The van der Waals surface area contributed by atoms with Crippen LogP contribution in [0.25, 0.3) is 98.6 Å². The second-order valence-corrected chi connectivity index (χ2v) is 12.4. The second kappa shape index (κ2) is 9.94. The molecule has 47 heavy (non-hydrogen) atoms. The van der Waals surface area contributed by atoms with Gasteiger partial charge in [-0.15, -0.1) is 0 Å². The molecule has 0 amide bonds. The lowest BCUT2D eigenvalue weighted by Crippen LogP contribution is -1.92. The molecule has 0 unspecified atom stereocenters. The van der Waals surface area contributed by atoms with Gasteiger partial charge in [-0.2, -0.15) is 0 Å². The van der Waals surface area contributed by atoms with Gasteiger partial charge in [0, 0.05) is 21.7 Å². The fourth-order valence-electron chi connectivity index (χ4n) is 7.77. The van der Waals surface area contributed by atoms with E-state index in [2.05, 4.69) is 152 Å². The van der Waals surface area contributed by atoms with Crippen molar-refractivity contribution in [3.05, 3.63) is 157 Å². The fourth-order valence-corrected chi connectivity index (χ4v) is 7.77. The van der Waals surface area contributed by atoms with Gasteiger partial charge in [0.15, 0.2) is 0 Å². The van der Waals surface area contributed by atoms with E-state index in [-0.39, 0.29) is 0 Å². The third kappa shape index (κ3) is 3.85. The van der Waals surface area contributed by atoms with Crippen LogP contribution >= 0.6 is 0 Å². The Labute approximate surface area is 271 Å². The maximum atomic E-state index is 6.80. The van der Waals surface area contributed by atoms with Crippen molar-refractivity contribution >= 4 is 65.2 Å². The van der Waals surface area contributed by atoms with Crippen molar-refractivity contribution in [2.24, 2.45) is 0 Å². The predicted molar refractivity (Wildman–Crippen MR) is 197 cm³/mol. The standard InChI is InChI=1S/C45H28O2/c1-27-25-30-26-29(21-24-40(30)46-27)42-33-14-4-6-16-35(33)43(36-17-7-5-15-34(36)42)39-23-22-37(32-19-10-12-28-11-2-3-13-31(28)32)45-44(39)38-18-8-9-20-41(38)47-45/h2-26H,1H3. The molecule has 10 aromatic rings. The minimum Gasteiger partial charge on any atom is -0.461 e. The van der Waals surface area contributed by atoms with Crippen LogP contribution in [0.1, 0.15) is 5.76 Å². The van der Waals surface area contributed by atoms with E-state index in [0.717, 1.165) is 44.2 Å². The summed E-state index contributed by atoms with van der Waals surface area (Å²) in [6, 6.07) is 54.5. The first-order valence-electron chi connectivity index (χ1n) is 16.1. The molecular formula is C45H28O2. The Morgan fingerprint density at radius 2 is 1.00 bits per heavy atom. The number of aryl methyl sites for hydroxylation is 1. The highest BCUT2D eigenvalue weighted by Crippen LogP contribution is 2.49. The average Bonchev–Trinajstić information content (AvgIpc) is 3.70. The van der Waals surface area contributed by atoms with Crippen molar-refractivity contribution in [2.45, 2.75) is 6.92 Å². The smallest absolute Gasteiger partial charge is 0.143 e. The summed E-state index contributed by atoms with van der Waals surface area (Å²) in [4.78, 5) is 0. The predicted octanol–water partition coefficient (Wildman–Crippen LogP) is 13.1. The quantitative estimate of drug-likeness (QED) is 0.189. The molecule has 0 saturated carbocycles. The summed E-state index contributed by atoms with van der Waals surface area (Å²) in [6.07, 6.45) is 0. The normalized spacial score (nSPS) is 11.9. The highest BCUT2D eigenvalue weighted by molar-refractivity contribution is 6.27. The third-order valence-electron chi connectivity index (χ3n) is 9.73. The number of benzene rings is 8. The first-order valence-corrected chi connectivity index (χ1v) is 16.1. The van der Waals surface area contributed by atoms with E-state index >= 15 is 0 Å². The van der Waals surface area contributed by atoms with Crippen molar-refractivity contribution in [3.8, 4) is 33.4 Å². The lowest BCUT2D eigenvalue weighted by molar-refractivity contribution is 0.578. The molecule has 0 aliphatic heterocycles. The first-order chi connectivity index (χ1) is 23.2. The fraction of sp³-hybridized carbons (Fsp3) is 0.0222. The van der Waals surface area contributed by atoms with Crippen LogP contribution in [-0.2, 0) is 0 Å². The maximum absolute atomic E-state index is 6.80. The summed E-state index contributed by atoms with van der Waals surface area (Å²) >= 11 is 0. The minimum absolute atomic E-state index is 0.894. The van der Waals surface area contributed by atoms with Gasteiger partial charge in [0.05, 0.1) is 0 Å². The zero-order chi connectivity index (χ0) is 31.1. The zero-order valence-corrected chi connectivity index (χ0v) is 25.8. The molecule has 0 fully saturated rings. The van der Waals surface area contributed by atoms with Crippen molar-refractivity contribution in [3.63, 3.8) is 0 Å². The Kier molecular flexibility index (Phi) is 5.53.